The van der Waals surface area contributed by atoms with Crippen LogP contribution in [0.1, 0.15) is 30.5 Å². The highest BCUT2D eigenvalue weighted by molar-refractivity contribution is 7.89. The minimum Gasteiger partial charge on any atom is -0.481 e. The third-order valence-corrected chi connectivity index (χ3v) is 10.5. The van der Waals surface area contributed by atoms with Crippen LogP contribution in [0.5, 0.6) is 5.75 Å². The molecule has 0 aliphatic heterocycles. The Hall–Kier alpha value is -3.34. The molecule has 0 fully saturated rings. The fourth-order valence-corrected chi connectivity index (χ4v) is 7.50. The number of nitrogens with zero attached hydrogens (tertiary/aromatic N) is 1. The third-order valence-electron chi connectivity index (χ3n) is 7.16. The first kappa shape index (κ1) is 35.5. The first-order chi connectivity index (χ1) is 22.0. The summed E-state index contributed by atoms with van der Waals surface area (Å²) in [5.41, 5.74) is 8.90. The third kappa shape index (κ3) is 10.9. The van der Waals surface area contributed by atoms with Crippen molar-refractivity contribution in [1.29, 1.82) is 0 Å². The Morgan fingerprint density at radius 2 is 1.22 bits per heavy atom. The second-order valence-electron chi connectivity index (χ2n) is 11.5. The van der Waals surface area contributed by atoms with Crippen molar-refractivity contribution >= 4 is 17.6 Å². The molecule has 4 aromatic carbocycles. The van der Waals surface area contributed by atoms with Crippen molar-refractivity contribution in [3.8, 4) is 5.75 Å². The minimum absolute atomic E-state index is 0.0100. The Labute approximate surface area is 272 Å². The van der Waals surface area contributed by atoms with Crippen LogP contribution >= 0.6 is 7.60 Å². The Bertz CT molecular complexity index is 1580. The van der Waals surface area contributed by atoms with Crippen molar-refractivity contribution in [3.05, 3.63) is 132 Å². The fourth-order valence-electron chi connectivity index (χ4n) is 4.66. The minimum atomic E-state index is -3.98. The Morgan fingerprint density at radius 1 is 0.739 bits per heavy atom. The van der Waals surface area contributed by atoms with Gasteiger partial charge in [-0.3, -0.25) is 4.57 Å². The van der Waals surface area contributed by atoms with Crippen molar-refractivity contribution in [3.63, 3.8) is 0 Å². The molecule has 9 nitrogen and oxygen atoms in total. The lowest BCUT2D eigenvalue weighted by Crippen LogP contribution is -2.47. The van der Waals surface area contributed by atoms with E-state index < -0.39 is 29.8 Å². The van der Waals surface area contributed by atoms with E-state index in [4.69, 9.17) is 19.5 Å². The number of rotatable bonds is 18. The predicted octanol–water partition coefficient (Wildman–Crippen LogP) is 6.23. The number of nitrogens with two attached hydrogens (primary N) is 1. The number of benzene rings is 4. The zero-order valence-corrected chi connectivity index (χ0v) is 27.9. The van der Waals surface area contributed by atoms with Gasteiger partial charge in [0.05, 0.1) is 24.2 Å². The first-order valence-electron chi connectivity index (χ1n) is 15.2. The molecule has 0 saturated heterocycles. The quantitative estimate of drug-likeness (QED) is 0.120. The Balaban J connectivity index is 1.43. The standard InChI is InChI=1S/C35H43N2O7PS/c1-28(2)23-37(24-35(38)34(36)22-29-12-6-3-7-13-29)46(40,41)33-20-18-32(19-21-33)42-27-45(39,43-25-30-14-8-4-9-15-30)44-26-31-16-10-5-11-17-31/h3-21,28,34-35,38H,22-27,36H2,1-2H3/t34-,35+/m0/s1. The molecule has 4 rings (SSSR count). The van der Waals surface area contributed by atoms with Crippen LogP contribution < -0.4 is 10.5 Å². The van der Waals surface area contributed by atoms with Gasteiger partial charge in [-0.15, -0.1) is 0 Å². The van der Waals surface area contributed by atoms with Crippen molar-refractivity contribution in [2.75, 3.05) is 19.4 Å². The summed E-state index contributed by atoms with van der Waals surface area (Å²) in [7, 11) is -7.71. The number of hydrogen-bond donors (Lipinski definition) is 2. The summed E-state index contributed by atoms with van der Waals surface area (Å²) >= 11 is 0. The largest absolute Gasteiger partial charge is 0.481 e. The van der Waals surface area contributed by atoms with Crippen LogP contribution in [0.15, 0.2) is 120 Å². The smallest absolute Gasteiger partial charge is 0.368 e. The zero-order chi connectivity index (χ0) is 33.0. The lowest BCUT2D eigenvalue weighted by atomic mass is 10.0. The molecule has 0 aliphatic rings. The van der Waals surface area contributed by atoms with Gasteiger partial charge in [0, 0.05) is 19.1 Å². The molecule has 246 valence electrons. The molecule has 0 heterocycles. The highest BCUT2D eigenvalue weighted by atomic mass is 32.2. The highest BCUT2D eigenvalue weighted by Crippen LogP contribution is 2.49. The van der Waals surface area contributed by atoms with Gasteiger partial charge in [-0.05, 0) is 53.3 Å². The van der Waals surface area contributed by atoms with Crippen molar-refractivity contribution < 1.29 is 31.9 Å². The highest BCUT2D eigenvalue weighted by Gasteiger charge is 2.30. The number of ether oxygens (including phenoxy) is 1. The molecule has 0 saturated carbocycles. The summed E-state index contributed by atoms with van der Waals surface area (Å²) in [5, 5.41) is 10.9. The van der Waals surface area contributed by atoms with Crippen LogP contribution in [0.25, 0.3) is 0 Å². The average molecular weight is 667 g/mol. The second-order valence-corrected chi connectivity index (χ2v) is 15.4. The van der Waals surface area contributed by atoms with Gasteiger partial charge in [-0.1, -0.05) is 105 Å². The van der Waals surface area contributed by atoms with E-state index in [0.29, 0.717) is 12.2 Å². The maximum atomic E-state index is 13.7. The molecular formula is C35H43N2O7PS. The van der Waals surface area contributed by atoms with E-state index in [-0.39, 0.29) is 43.5 Å². The van der Waals surface area contributed by atoms with E-state index in [0.717, 1.165) is 16.7 Å². The number of sulfonamides is 1. The fraction of sp³-hybridized carbons (Fsp3) is 0.314. The number of hydrogen-bond acceptors (Lipinski definition) is 8. The van der Waals surface area contributed by atoms with Crippen LogP contribution in [0.2, 0.25) is 0 Å². The summed E-state index contributed by atoms with van der Waals surface area (Å²) in [6, 6.07) is 33.4. The molecule has 0 bridgehead atoms. The number of aliphatic hydroxyl groups excluding tert-OH is 1. The topological polar surface area (TPSA) is 128 Å². The van der Waals surface area contributed by atoms with Gasteiger partial charge in [0.25, 0.3) is 0 Å². The molecule has 0 spiro atoms. The maximum Gasteiger partial charge on any atom is 0.368 e. The van der Waals surface area contributed by atoms with Crippen LogP contribution in [0.3, 0.4) is 0 Å². The molecule has 0 amide bonds. The van der Waals surface area contributed by atoms with Gasteiger partial charge in [0.15, 0.2) is 6.35 Å². The van der Waals surface area contributed by atoms with Gasteiger partial charge in [0.1, 0.15) is 5.75 Å². The molecule has 0 aromatic heterocycles. The van der Waals surface area contributed by atoms with E-state index in [1.54, 1.807) is 0 Å². The Morgan fingerprint density at radius 3 is 1.70 bits per heavy atom. The maximum absolute atomic E-state index is 13.7. The van der Waals surface area contributed by atoms with E-state index in [2.05, 4.69) is 0 Å². The molecule has 0 aliphatic carbocycles. The average Bonchev–Trinajstić information content (AvgIpc) is 3.06. The predicted molar refractivity (Wildman–Crippen MR) is 180 cm³/mol. The van der Waals surface area contributed by atoms with Gasteiger partial charge >= 0.3 is 7.60 Å². The number of aliphatic hydroxyl groups is 1. The summed E-state index contributed by atoms with van der Waals surface area (Å²) in [5.74, 6) is 0.307. The van der Waals surface area contributed by atoms with Crippen molar-refractivity contribution in [2.24, 2.45) is 11.7 Å². The van der Waals surface area contributed by atoms with Crippen molar-refractivity contribution in [2.45, 2.75) is 50.5 Å². The van der Waals surface area contributed by atoms with Crippen LogP contribution in [-0.4, -0.2) is 49.4 Å². The van der Waals surface area contributed by atoms with Gasteiger partial charge < -0.3 is 24.6 Å². The molecule has 2 atom stereocenters. The van der Waals surface area contributed by atoms with Crippen molar-refractivity contribution in [1.82, 2.24) is 4.31 Å². The zero-order valence-electron chi connectivity index (χ0n) is 26.2. The van der Waals surface area contributed by atoms with Crippen LogP contribution in [0.4, 0.5) is 0 Å². The molecule has 3 N–H and O–H groups in total. The monoisotopic (exact) mass is 666 g/mol. The molecule has 11 heteroatoms. The molecule has 4 aromatic rings. The molecule has 0 radical (unpaired) electrons. The van der Waals surface area contributed by atoms with Gasteiger partial charge in [-0.25, -0.2) is 8.42 Å². The first-order valence-corrected chi connectivity index (χ1v) is 18.4. The molecule has 46 heavy (non-hydrogen) atoms. The van der Waals surface area contributed by atoms with Gasteiger partial charge in [-0.2, -0.15) is 4.31 Å². The Kier molecular flexibility index (Phi) is 13.1. The SMILES string of the molecule is CC(C)CN(C[C@@H](O)[C@@H](N)Cc1ccccc1)S(=O)(=O)c1ccc(OCP(=O)(OCc2ccccc2)OCc2ccccc2)cc1. The summed E-state index contributed by atoms with van der Waals surface area (Å²) < 4.78 is 59.7. The second kappa shape index (κ2) is 17.0. The van der Waals surface area contributed by atoms with E-state index in [1.807, 2.05) is 105 Å². The van der Waals surface area contributed by atoms with Gasteiger partial charge in [0.2, 0.25) is 10.0 Å². The molecule has 0 unspecified atom stereocenters. The summed E-state index contributed by atoms with van der Waals surface area (Å²) in [4.78, 5) is 0.0353. The van der Waals surface area contributed by atoms with E-state index >= 15 is 0 Å². The lowest BCUT2D eigenvalue weighted by Gasteiger charge is -2.28. The molecular weight excluding hydrogens is 623 g/mol. The summed E-state index contributed by atoms with van der Waals surface area (Å²) in [6.45, 7) is 4.02. The lowest BCUT2D eigenvalue weighted by molar-refractivity contribution is 0.116. The van der Waals surface area contributed by atoms with Crippen LogP contribution in [-0.2, 0) is 43.3 Å². The van der Waals surface area contributed by atoms with E-state index in [1.165, 1.54) is 28.6 Å². The van der Waals surface area contributed by atoms with E-state index in [9.17, 15) is 18.1 Å². The normalized spacial score (nSPS) is 13.5. The summed E-state index contributed by atoms with van der Waals surface area (Å²) in [6.07, 6.45) is -1.03. The van der Waals surface area contributed by atoms with Crippen LogP contribution in [0, 0.1) is 5.92 Å².